The van der Waals surface area contributed by atoms with Crippen LogP contribution in [0.1, 0.15) is 33.5 Å². The highest BCUT2D eigenvalue weighted by molar-refractivity contribution is 5.77. The van der Waals surface area contributed by atoms with Crippen LogP contribution in [0, 0.1) is 0 Å². The predicted octanol–water partition coefficient (Wildman–Crippen LogP) is -0.175. The van der Waals surface area contributed by atoms with Crippen LogP contribution in [0.2, 0.25) is 0 Å². The van der Waals surface area contributed by atoms with Crippen molar-refractivity contribution in [3.05, 3.63) is 16.4 Å². The fraction of sp³-hybridized carbons (Fsp3) is 0.714. The van der Waals surface area contributed by atoms with Gasteiger partial charge >= 0.3 is 5.76 Å². The maximum Gasteiger partial charge on any atom is 0.442 e. The molecule has 2 heterocycles. The highest BCUT2D eigenvalue weighted by Crippen LogP contribution is 2.18. The molecule has 0 aromatic carbocycles. The number of piperazine rings is 1. The fourth-order valence-corrected chi connectivity index (χ4v) is 2.45. The van der Waals surface area contributed by atoms with Gasteiger partial charge in [0, 0.05) is 38.5 Å². The van der Waals surface area contributed by atoms with Crippen LogP contribution in [0.15, 0.2) is 9.32 Å². The van der Waals surface area contributed by atoms with E-state index in [2.05, 4.69) is 5.16 Å². The van der Waals surface area contributed by atoms with Crippen LogP contribution >= 0.6 is 0 Å². The molecule has 22 heavy (non-hydrogen) atoms. The Morgan fingerprint density at radius 1 is 1.14 bits per heavy atom. The maximum absolute atomic E-state index is 12.4. The average molecular weight is 310 g/mol. The van der Waals surface area contributed by atoms with Crippen LogP contribution in [0.4, 0.5) is 0 Å². The average Bonchev–Trinajstić information content (AvgIpc) is 2.80. The Hall–Kier alpha value is -2.12. The fourth-order valence-electron chi connectivity index (χ4n) is 2.45. The third kappa shape index (κ3) is 3.37. The summed E-state index contributed by atoms with van der Waals surface area (Å²) in [6.07, 6.45) is 0. The monoisotopic (exact) mass is 310 g/mol. The lowest BCUT2D eigenvalue weighted by Crippen LogP contribution is -2.51. The molecule has 1 aromatic rings. The number of hydrogen-bond donors (Lipinski definition) is 0. The van der Waals surface area contributed by atoms with Crippen LogP contribution < -0.4 is 5.76 Å². The first-order chi connectivity index (χ1) is 10.2. The van der Waals surface area contributed by atoms with Crippen LogP contribution in [0.3, 0.4) is 0 Å². The van der Waals surface area contributed by atoms with Gasteiger partial charge in [-0.15, -0.1) is 0 Å². The highest BCUT2D eigenvalue weighted by Gasteiger charge is 2.28. The second-order valence-electron chi connectivity index (χ2n) is 6.50. The molecule has 1 fully saturated rings. The number of aromatic nitrogens is 2. The minimum Gasteiger partial charge on any atom is -0.339 e. The summed E-state index contributed by atoms with van der Waals surface area (Å²) in [6.45, 7) is 9.12. The van der Waals surface area contributed by atoms with E-state index in [0.29, 0.717) is 32.0 Å². The third-order valence-electron chi connectivity index (χ3n) is 3.73. The summed E-state index contributed by atoms with van der Waals surface area (Å²) in [4.78, 5) is 38.8. The molecule has 8 nitrogen and oxygen atoms in total. The summed E-state index contributed by atoms with van der Waals surface area (Å²) < 4.78 is 5.97. The molecule has 0 atom stereocenters. The second kappa shape index (κ2) is 5.94. The molecule has 122 valence electrons. The van der Waals surface area contributed by atoms with Gasteiger partial charge in [0.05, 0.1) is 0 Å². The number of amides is 2. The van der Waals surface area contributed by atoms with Crippen molar-refractivity contribution in [3.63, 3.8) is 0 Å². The molecule has 8 heteroatoms. The lowest BCUT2D eigenvalue weighted by molar-refractivity contribution is -0.138. The molecule has 2 amide bonds. The van der Waals surface area contributed by atoms with E-state index in [1.807, 2.05) is 20.8 Å². The third-order valence-corrected chi connectivity index (χ3v) is 3.73. The molecule has 1 aromatic heterocycles. The van der Waals surface area contributed by atoms with Gasteiger partial charge in [0.2, 0.25) is 11.8 Å². The molecular formula is C14H22N4O4. The van der Waals surface area contributed by atoms with Crippen molar-refractivity contribution >= 4 is 11.8 Å². The van der Waals surface area contributed by atoms with Crippen LogP contribution in [0.25, 0.3) is 0 Å². The largest absolute Gasteiger partial charge is 0.442 e. The van der Waals surface area contributed by atoms with Crippen LogP contribution in [0.5, 0.6) is 0 Å². The number of hydrogen-bond acceptors (Lipinski definition) is 5. The van der Waals surface area contributed by atoms with Crippen molar-refractivity contribution in [1.82, 2.24) is 19.5 Å². The zero-order valence-electron chi connectivity index (χ0n) is 13.5. The van der Waals surface area contributed by atoms with Crippen molar-refractivity contribution in [1.29, 1.82) is 0 Å². The Kier molecular flexibility index (Phi) is 4.39. The molecule has 1 aliphatic heterocycles. The molecule has 1 aliphatic rings. The number of carbonyl (C=O) groups is 2. The van der Waals surface area contributed by atoms with Gasteiger partial charge in [-0.1, -0.05) is 25.9 Å². The van der Waals surface area contributed by atoms with Gasteiger partial charge in [-0.05, 0) is 0 Å². The van der Waals surface area contributed by atoms with E-state index in [4.69, 9.17) is 4.52 Å². The highest BCUT2D eigenvalue weighted by atomic mass is 16.5. The zero-order chi connectivity index (χ0) is 16.5. The van der Waals surface area contributed by atoms with E-state index in [0.717, 1.165) is 0 Å². The minimum atomic E-state index is -0.624. The van der Waals surface area contributed by atoms with Gasteiger partial charge in [0.25, 0.3) is 0 Å². The summed E-state index contributed by atoms with van der Waals surface area (Å²) in [7, 11) is 0. The molecule has 0 bridgehead atoms. The van der Waals surface area contributed by atoms with E-state index >= 15 is 0 Å². The van der Waals surface area contributed by atoms with Crippen LogP contribution in [-0.4, -0.2) is 57.5 Å². The van der Waals surface area contributed by atoms with E-state index in [9.17, 15) is 14.4 Å². The van der Waals surface area contributed by atoms with E-state index in [1.165, 1.54) is 11.5 Å². The van der Waals surface area contributed by atoms with Crippen molar-refractivity contribution in [3.8, 4) is 0 Å². The normalized spacial score (nSPS) is 16.0. The van der Waals surface area contributed by atoms with Crippen molar-refractivity contribution in [2.75, 3.05) is 26.2 Å². The predicted molar refractivity (Wildman–Crippen MR) is 78.3 cm³/mol. The Morgan fingerprint density at radius 2 is 1.68 bits per heavy atom. The zero-order valence-corrected chi connectivity index (χ0v) is 13.5. The number of nitrogens with zero attached hydrogens (tertiary/aromatic N) is 4. The van der Waals surface area contributed by atoms with Gasteiger partial charge in [0.15, 0.2) is 5.82 Å². The van der Waals surface area contributed by atoms with Crippen molar-refractivity contribution in [2.24, 2.45) is 0 Å². The van der Waals surface area contributed by atoms with E-state index < -0.39 is 5.76 Å². The van der Waals surface area contributed by atoms with Gasteiger partial charge in [-0.2, -0.15) is 0 Å². The van der Waals surface area contributed by atoms with E-state index in [1.54, 1.807) is 9.80 Å². The summed E-state index contributed by atoms with van der Waals surface area (Å²) in [5.41, 5.74) is -0.389. The number of rotatable bonds is 2. The molecule has 0 radical (unpaired) electrons. The molecule has 0 unspecified atom stereocenters. The minimum absolute atomic E-state index is 0.0115. The van der Waals surface area contributed by atoms with Crippen molar-refractivity contribution in [2.45, 2.75) is 39.7 Å². The molecule has 0 N–H and O–H groups in total. The first-order valence-corrected chi connectivity index (χ1v) is 7.30. The lowest BCUT2D eigenvalue weighted by Gasteiger charge is -2.34. The SMILES string of the molecule is CC(=O)N1CCN(C(=O)Cn2c(C(C)(C)C)noc2=O)CC1. The van der Waals surface area contributed by atoms with Crippen molar-refractivity contribution < 1.29 is 14.1 Å². The second-order valence-corrected chi connectivity index (χ2v) is 6.50. The molecule has 0 spiro atoms. The molecule has 0 saturated carbocycles. The Labute approximate surface area is 128 Å². The summed E-state index contributed by atoms with van der Waals surface area (Å²) in [5, 5.41) is 3.77. The molecule has 0 aliphatic carbocycles. The summed E-state index contributed by atoms with van der Waals surface area (Å²) >= 11 is 0. The van der Waals surface area contributed by atoms with Gasteiger partial charge in [0.1, 0.15) is 6.54 Å². The van der Waals surface area contributed by atoms with Crippen LogP contribution in [-0.2, 0) is 21.5 Å². The standard InChI is InChI=1S/C14H22N4O4/c1-10(19)16-5-7-17(8-6-16)11(20)9-18-12(14(2,3)4)15-22-13(18)21/h5-9H2,1-4H3. The topological polar surface area (TPSA) is 88.7 Å². The summed E-state index contributed by atoms with van der Waals surface area (Å²) in [6, 6.07) is 0. The van der Waals surface area contributed by atoms with Gasteiger partial charge in [-0.3, -0.25) is 18.7 Å². The molecule has 1 saturated heterocycles. The molecular weight excluding hydrogens is 288 g/mol. The Bertz CT molecular complexity index is 618. The maximum atomic E-state index is 12.4. The quantitative estimate of drug-likeness (QED) is 0.756. The smallest absolute Gasteiger partial charge is 0.339 e. The Morgan fingerprint density at radius 3 is 2.18 bits per heavy atom. The van der Waals surface area contributed by atoms with Gasteiger partial charge in [-0.25, -0.2) is 4.79 Å². The van der Waals surface area contributed by atoms with E-state index in [-0.39, 0.29) is 23.8 Å². The lowest BCUT2D eigenvalue weighted by atomic mass is 9.96. The Balaban J connectivity index is 2.06. The summed E-state index contributed by atoms with van der Waals surface area (Å²) in [5.74, 6) is -0.328. The first-order valence-electron chi connectivity index (χ1n) is 7.30. The molecule has 2 rings (SSSR count). The van der Waals surface area contributed by atoms with Gasteiger partial charge < -0.3 is 9.80 Å². The first kappa shape index (κ1) is 16.3. The number of carbonyl (C=O) groups excluding carboxylic acids is 2.